The van der Waals surface area contributed by atoms with Gasteiger partial charge in [-0.25, -0.2) is 0 Å². The van der Waals surface area contributed by atoms with Crippen molar-refractivity contribution in [1.29, 1.82) is 0 Å². The van der Waals surface area contributed by atoms with Gasteiger partial charge >= 0.3 is 0 Å². The lowest BCUT2D eigenvalue weighted by molar-refractivity contribution is 0.107. The summed E-state index contributed by atoms with van der Waals surface area (Å²) in [5.74, 6) is 2.94. The summed E-state index contributed by atoms with van der Waals surface area (Å²) in [6.45, 7) is 1.13. The molecule has 6 heteroatoms. The van der Waals surface area contributed by atoms with E-state index < -0.39 is 6.10 Å². The van der Waals surface area contributed by atoms with Crippen LogP contribution in [0.5, 0.6) is 23.0 Å². The van der Waals surface area contributed by atoms with Crippen LogP contribution in [0.1, 0.15) is 29.2 Å². The Bertz CT molecular complexity index is 853. The van der Waals surface area contributed by atoms with Crippen molar-refractivity contribution >= 4 is 0 Å². The zero-order valence-electron chi connectivity index (χ0n) is 16.6. The molecular weight excluding hydrogens is 358 g/mol. The molecule has 0 unspecified atom stereocenters. The van der Waals surface area contributed by atoms with E-state index in [4.69, 9.17) is 18.9 Å². The first kappa shape index (κ1) is 18.9. The number of aliphatic hydroxyl groups is 1. The van der Waals surface area contributed by atoms with Crippen LogP contribution < -0.4 is 18.9 Å². The number of methoxy groups -OCH3 is 2. The second kappa shape index (κ2) is 7.89. The lowest BCUT2D eigenvalue weighted by Gasteiger charge is -2.37. The minimum atomic E-state index is -0.509. The second-order valence-electron chi connectivity index (χ2n) is 7.37. The summed E-state index contributed by atoms with van der Waals surface area (Å²) in [4.78, 5) is 2.28. The van der Waals surface area contributed by atoms with Crippen LogP contribution in [-0.4, -0.2) is 50.7 Å². The predicted octanol–water partition coefficient (Wildman–Crippen LogP) is 2.96. The molecule has 2 heterocycles. The molecule has 150 valence electrons. The molecule has 0 bridgehead atoms. The number of rotatable bonds is 6. The summed E-state index contributed by atoms with van der Waals surface area (Å²) in [6.07, 6.45) is 1.54. The van der Waals surface area contributed by atoms with E-state index in [1.165, 1.54) is 5.56 Å². The first-order chi connectivity index (χ1) is 13.6. The van der Waals surface area contributed by atoms with Crippen LogP contribution in [-0.2, 0) is 12.8 Å². The van der Waals surface area contributed by atoms with E-state index in [1.807, 2.05) is 24.3 Å². The normalized spacial score (nSPS) is 19.2. The third kappa shape index (κ3) is 3.38. The molecule has 0 amide bonds. The van der Waals surface area contributed by atoms with E-state index in [1.54, 1.807) is 14.2 Å². The zero-order valence-corrected chi connectivity index (χ0v) is 16.6. The Kier molecular flexibility index (Phi) is 5.33. The molecule has 0 radical (unpaired) electrons. The summed E-state index contributed by atoms with van der Waals surface area (Å²) in [7, 11) is 5.41. The van der Waals surface area contributed by atoms with Crippen LogP contribution in [0.25, 0.3) is 0 Å². The minimum Gasteiger partial charge on any atom is -0.496 e. The molecule has 4 rings (SSSR count). The lowest BCUT2D eigenvalue weighted by Crippen LogP contribution is -2.35. The fraction of sp³-hybridized carbons (Fsp3) is 0.455. The van der Waals surface area contributed by atoms with Gasteiger partial charge in [-0.3, -0.25) is 4.90 Å². The van der Waals surface area contributed by atoms with Gasteiger partial charge in [0.1, 0.15) is 5.75 Å². The van der Waals surface area contributed by atoms with Crippen LogP contribution in [0, 0.1) is 0 Å². The monoisotopic (exact) mass is 385 g/mol. The molecule has 0 fully saturated rings. The molecule has 0 spiro atoms. The molecule has 0 aromatic heterocycles. The first-order valence-corrected chi connectivity index (χ1v) is 9.62. The summed E-state index contributed by atoms with van der Waals surface area (Å²) in [5.41, 5.74) is 3.31. The van der Waals surface area contributed by atoms with Crippen molar-refractivity contribution in [3.05, 3.63) is 47.0 Å². The molecule has 6 nitrogen and oxygen atoms in total. The summed E-state index contributed by atoms with van der Waals surface area (Å²) in [5, 5.41) is 10.9. The Labute approximate surface area is 165 Å². The van der Waals surface area contributed by atoms with E-state index in [-0.39, 0.29) is 12.8 Å². The fourth-order valence-electron chi connectivity index (χ4n) is 4.29. The summed E-state index contributed by atoms with van der Waals surface area (Å²) in [6, 6.07) is 9.93. The number of aliphatic hydroxyl groups excluding tert-OH is 1. The Balaban J connectivity index is 1.62. The van der Waals surface area contributed by atoms with E-state index >= 15 is 0 Å². The highest BCUT2D eigenvalue weighted by atomic mass is 16.7. The second-order valence-corrected chi connectivity index (χ2v) is 7.37. The zero-order chi connectivity index (χ0) is 19.7. The third-order valence-corrected chi connectivity index (χ3v) is 5.69. The summed E-state index contributed by atoms with van der Waals surface area (Å²) >= 11 is 0. The van der Waals surface area contributed by atoms with Crippen LogP contribution in [0.15, 0.2) is 30.3 Å². The van der Waals surface area contributed by atoms with E-state index in [9.17, 15) is 5.11 Å². The Morgan fingerprint density at radius 1 is 1.21 bits per heavy atom. The molecule has 1 N–H and O–H groups in total. The van der Waals surface area contributed by atoms with Crippen molar-refractivity contribution < 1.29 is 24.1 Å². The molecule has 2 aromatic carbocycles. The number of nitrogens with zero attached hydrogens (tertiary/aromatic N) is 1. The SMILES string of the molecule is COc1ccccc1C[C@H](O)C[C@H]1c2c(cc3c(c2OC)OCO3)CCN1C. The molecule has 2 aromatic rings. The number of likely N-dealkylation sites (N-methyl/N-ethyl adjacent to an activating group) is 1. The van der Waals surface area contributed by atoms with Crippen LogP contribution in [0.4, 0.5) is 0 Å². The molecule has 0 aliphatic carbocycles. The third-order valence-electron chi connectivity index (χ3n) is 5.69. The molecule has 2 aliphatic rings. The van der Waals surface area contributed by atoms with Crippen LogP contribution >= 0.6 is 0 Å². The van der Waals surface area contributed by atoms with Crippen LogP contribution in [0.2, 0.25) is 0 Å². The maximum atomic E-state index is 10.9. The molecule has 2 aliphatic heterocycles. The molecular formula is C22H27NO5. The number of benzene rings is 2. The number of fused-ring (bicyclic) bond motifs is 2. The van der Waals surface area contributed by atoms with Gasteiger partial charge in [0.25, 0.3) is 0 Å². The topological polar surface area (TPSA) is 60.4 Å². The largest absolute Gasteiger partial charge is 0.496 e. The van der Waals surface area contributed by atoms with Gasteiger partial charge in [-0.05, 0) is 43.1 Å². The summed E-state index contributed by atoms with van der Waals surface area (Å²) < 4.78 is 22.4. The van der Waals surface area contributed by atoms with Crippen molar-refractivity contribution in [2.24, 2.45) is 0 Å². The van der Waals surface area contributed by atoms with Crippen molar-refractivity contribution in [3.63, 3.8) is 0 Å². The van der Waals surface area contributed by atoms with E-state index in [0.717, 1.165) is 41.3 Å². The Morgan fingerprint density at radius 2 is 2.04 bits per heavy atom. The molecule has 0 saturated carbocycles. The van der Waals surface area contributed by atoms with Gasteiger partial charge in [0.2, 0.25) is 12.5 Å². The quantitative estimate of drug-likeness (QED) is 0.825. The van der Waals surface area contributed by atoms with Crippen molar-refractivity contribution in [1.82, 2.24) is 4.90 Å². The fourth-order valence-corrected chi connectivity index (χ4v) is 4.29. The van der Waals surface area contributed by atoms with Gasteiger partial charge in [-0.2, -0.15) is 0 Å². The molecule has 0 saturated heterocycles. The molecule has 2 atom stereocenters. The van der Waals surface area contributed by atoms with Gasteiger partial charge in [0, 0.05) is 24.6 Å². The van der Waals surface area contributed by atoms with Gasteiger partial charge in [-0.15, -0.1) is 0 Å². The highest BCUT2D eigenvalue weighted by Gasteiger charge is 2.35. The Morgan fingerprint density at radius 3 is 2.82 bits per heavy atom. The van der Waals surface area contributed by atoms with Crippen molar-refractivity contribution in [2.75, 3.05) is 34.6 Å². The minimum absolute atomic E-state index is 0.0397. The maximum Gasteiger partial charge on any atom is 0.231 e. The highest BCUT2D eigenvalue weighted by molar-refractivity contribution is 5.61. The Hall–Kier alpha value is -2.44. The number of hydrogen-bond acceptors (Lipinski definition) is 6. The average Bonchev–Trinajstić information content (AvgIpc) is 3.17. The van der Waals surface area contributed by atoms with Gasteiger partial charge in [-0.1, -0.05) is 18.2 Å². The standard InChI is InChI=1S/C22H27NO5/c1-23-9-8-15-11-19-21(28-13-27-19)22(26-3)20(15)17(23)12-16(24)10-14-6-4-5-7-18(14)25-2/h4-7,11,16-17,24H,8-10,12-13H2,1-3H3/t16-,17-/m0/s1. The van der Waals surface area contributed by atoms with Gasteiger partial charge in [0.05, 0.1) is 20.3 Å². The number of para-hydroxylation sites is 1. The van der Waals surface area contributed by atoms with E-state index in [2.05, 4.69) is 18.0 Å². The van der Waals surface area contributed by atoms with Crippen LogP contribution in [0.3, 0.4) is 0 Å². The number of ether oxygens (including phenoxy) is 4. The maximum absolute atomic E-state index is 10.9. The van der Waals surface area contributed by atoms with Gasteiger partial charge in [0.15, 0.2) is 11.5 Å². The predicted molar refractivity (Wildman–Crippen MR) is 106 cm³/mol. The molecule has 28 heavy (non-hydrogen) atoms. The smallest absolute Gasteiger partial charge is 0.231 e. The highest BCUT2D eigenvalue weighted by Crippen LogP contribution is 2.50. The lowest BCUT2D eigenvalue weighted by atomic mass is 9.87. The first-order valence-electron chi connectivity index (χ1n) is 9.62. The van der Waals surface area contributed by atoms with Crippen molar-refractivity contribution in [3.8, 4) is 23.0 Å². The number of hydrogen-bond donors (Lipinski definition) is 1. The van der Waals surface area contributed by atoms with Crippen molar-refractivity contribution in [2.45, 2.75) is 31.4 Å². The van der Waals surface area contributed by atoms with Gasteiger partial charge < -0.3 is 24.1 Å². The average molecular weight is 385 g/mol. The van der Waals surface area contributed by atoms with E-state index in [0.29, 0.717) is 18.6 Å².